The fraction of sp³-hybridized carbons (Fsp3) is 0.312. The summed E-state index contributed by atoms with van der Waals surface area (Å²) in [5, 5.41) is 11.1. The number of benzene rings is 1. The van der Waals surface area contributed by atoms with Gasteiger partial charge in [0, 0.05) is 41.8 Å². The number of aliphatic hydroxyl groups is 1. The second kappa shape index (κ2) is 6.56. The van der Waals surface area contributed by atoms with Crippen LogP contribution in [0.5, 0.6) is 0 Å². The van der Waals surface area contributed by atoms with Crippen LogP contribution in [0.1, 0.15) is 5.56 Å². The van der Waals surface area contributed by atoms with Crippen LogP contribution >= 0.6 is 0 Å². The van der Waals surface area contributed by atoms with Crippen molar-refractivity contribution in [2.75, 3.05) is 20.6 Å². The normalized spacial score (nSPS) is 13.3. The predicted octanol–water partition coefficient (Wildman–Crippen LogP) is 1.06. The Morgan fingerprint density at radius 3 is 2.81 bits per heavy atom. The summed E-state index contributed by atoms with van der Waals surface area (Å²) < 4.78 is 2.00. The molecule has 0 saturated heterocycles. The Hall–Kier alpha value is -2.11. The Bertz CT molecular complexity index is 659. The number of rotatable bonds is 6. The second-order valence-corrected chi connectivity index (χ2v) is 5.41. The monoisotopic (exact) mass is 287 g/mol. The zero-order valence-electron chi connectivity index (χ0n) is 12.4. The molecule has 1 heterocycles. The largest absolute Gasteiger partial charge is 0.390 e. The number of fused-ring (bicyclic) bond motifs is 1. The molecule has 21 heavy (non-hydrogen) atoms. The molecule has 0 aliphatic heterocycles. The average molecular weight is 287 g/mol. The van der Waals surface area contributed by atoms with Crippen molar-refractivity contribution in [1.29, 1.82) is 0 Å². The number of likely N-dealkylation sites (N-methyl/N-ethyl adjacent to an activating group) is 1. The zero-order chi connectivity index (χ0) is 15.4. The van der Waals surface area contributed by atoms with E-state index in [4.69, 9.17) is 5.73 Å². The third-order valence-electron chi connectivity index (χ3n) is 3.23. The first kappa shape index (κ1) is 15.3. The fourth-order valence-electron chi connectivity index (χ4n) is 2.44. The van der Waals surface area contributed by atoms with Gasteiger partial charge in [0.15, 0.2) is 0 Å². The number of para-hydroxylation sites is 1. The minimum atomic E-state index is -0.473. The number of primary amides is 1. The van der Waals surface area contributed by atoms with Gasteiger partial charge in [-0.1, -0.05) is 18.2 Å². The topological polar surface area (TPSA) is 71.5 Å². The molecule has 0 bridgehead atoms. The Morgan fingerprint density at radius 1 is 1.43 bits per heavy atom. The van der Waals surface area contributed by atoms with Gasteiger partial charge in [-0.25, -0.2) is 0 Å². The zero-order valence-corrected chi connectivity index (χ0v) is 12.4. The van der Waals surface area contributed by atoms with Gasteiger partial charge >= 0.3 is 0 Å². The number of carbonyl (C=O) groups excluding carboxylic acids is 1. The summed E-state index contributed by atoms with van der Waals surface area (Å²) in [6.07, 6.45) is 4.54. The first-order valence-corrected chi connectivity index (χ1v) is 6.85. The highest BCUT2D eigenvalue weighted by atomic mass is 16.3. The van der Waals surface area contributed by atoms with Crippen molar-refractivity contribution in [3.8, 4) is 0 Å². The summed E-state index contributed by atoms with van der Waals surface area (Å²) in [5.74, 6) is -0.473. The number of aromatic nitrogens is 1. The van der Waals surface area contributed by atoms with Gasteiger partial charge < -0.3 is 20.3 Å². The van der Waals surface area contributed by atoms with E-state index in [0.717, 1.165) is 16.5 Å². The lowest BCUT2D eigenvalue weighted by Gasteiger charge is -2.17. The maximum absolute atomic E-state index is 10.9. The molecule has 1 amide bonds. The highest BCUT2D eigenvalue weighted by Gasteiger charge is 2.11. The van der Waals surface area contributed by atoms with Crippen molar-refractivity contribution in [2.45, 2.75) is 12.6 Å². The van der Waals surface area contributed by atoms with E-state index >= 15 is 0 Å². The number of aliphatic hydroxyl groups excluding tert-OH is 1. The fourth-order valence-corrected chi connectivity index (χ4v) is 2.44. The van der Waals surface area contributed by atoms with Crippen LogP contribution in [0.3, 0.4) is 0 Å². The van der Waals surface area contributed by atoms with Crippen LogP contribution in [0.4, 0.5) is 0 Å². The minimum absolute atomic E-state index is 0.455. The molecule has 1 aromatic heterocycles. The molecular formula is C16H21N3O2. The molecule has 1 atom stereocenters. The Balaban J connectivity index is 2.33. The molecule has 0 aliphatic rings. The van der Waals surface area contributed by atoms with E-state index in [1.165, 1.54) is 6.08 Å². The molecule has 2 aromatic rings. The molecule has 1 unspecified atom stereocenters. The van der Waals surface area contributed by atoms with E-state index in [0.29, 0.717) is 13.1 Å². The Labute approximate surface area is 124 Å². The summed E-state index contributed by atoms with van der Waals surface area (Å²) in [7, 11) is 3.86. The van der Waals surface area contributed by atoms with Crippen LogP contribution in [-0.4, -0.2) is 47.2 Å². The summed E-state index contributed by atoms with van der Waals surface area (Å²) >= 11 is 0. The third-order valence-corrected chi connectivity index (χ3v) is 3.23. The van der Waals surface area contributed by atoms with Crippen molar-refractivity contribution in [3.63, 3.8) is 0 Å². The smallest absolute Gasteiger partial charge is 0.241 e. The van der Waals surface area contributed by atoms with Crippen molar-refractivity contribution >= 4 is 22.9 Å². The number of hydrogen-bond acceptors (Lipinski definition) is 3. The van der Waals surface area contributed by atoms with Crippen molar-refractivity contribution in [2.24, 2.45) is 5.73 Å². The maximum atomic E-state index is 10.9. The van der Waals surface area contributed by atoms with Gasteiger partial charge in [-0.05, 0) is 26.2 Å². The molecule has 0 saturated carbocycles. The number of nitrogens with zero attached hydrogens (tertiary/aromatic N) is 2. The molecule has 0 radical (unpaired) electrons. The number of amides is 1. The molecule has 3 N–H and O–H groups in total. The quantitative estimate of drug-likeness (QED) is 0.780. The molecule has 0 fully saturated rings. The lowest BCUT2D eigenvalue weighted by molar-refractivity contribution is -0.113. The summed E-state index contributed by atoms with van der Waals surface area (Å²) in [5.41, 5.74) is 7.09. The van der Waals surface area contributed by atoms with E-state index in [1.807, 2.05) is 54.0 Å². The van der Waals surface area contributed by atoms with Crippen LogP contribution < -0.4 is 5.73 Å². The minimum Gasteiger partial charge on any atom is -0.390 e. The van der Waals surface area contributed by atoms with E-state index in [2.05, 4.69) is 0 Å². The summed E-state index contributed by atoms with van der Waals surface area (Å²) in [4.78, 5) is 12.8. The van der Waals surface area contributed by atoms with Crippen LogP contribution in [0, 0.1) is 0 Å². The highest BCUT2D eigenvalue weighted by molar-refractivity contribution is 5.95. The van der Waals surface area contributed by atoms with Crippen molar-refractivity contribution in [1.82, 2.24) is 9.47 Å². The molecule has 112 valence electrons. The van der Waals surface area contributed by atoms with E-state index in [-0.39, 0.29) is 0 Å². The summed E-state index contributed by atoms with van der Waals surface area (Å²) in [6.45, 7) is 1.10. The lowest BCUT2D eigenvalue weighted by Crippen LogP contribution is -2.29. The molecule has 0 aliphatic carbocycles. The van der Waals surface area contributed by atoms with Crippen LogP contribution in [-0.2, 0) is 11.3 Å². The highest BCUT2D eigenvalue weighted by Crippen LogP contribution is 2.22. The molecule has 0 spiro atoms. The molecular weight excluding hydrogens is 266 g/mol. The first-order valence-electron chi connectivity index (χ1n) is 6.85. The Morgan fingerprint density at radius 2 is 2.14 bits per heavy atom. The van der Waals surface area contributed by atoms with Gasteiger partial charge in [0.05, 0.1) is 6.10 Å². The SMILES string of the molecule is CN(C)CC(O)Cn1cc(/C=C\C(N)=O)c2ccccc21. The van der Waals surface area contributed by atoms with Crippen molar-refractivity contribution < 1.29 is 9.90 Å². The first-order chi connectivity index (χ1) is 9.97. The van der Waals surface area contributed by atoms with Gasteiger partial charge in [-0.2, -0.15) is 0 Å². The number of nitrogens with two attached hydrogens (primary N) is 1. The maximum Gasteiger partial charge on any atom is 0.241 e. The number of hydrogen-bond donors (Lipinski definition) is 2. The van der Waals surface area contributed by atoms with Gasteiger partial charge in [0.25, 0.3) is 0 Å². The average Bonchev–Trinajstić information content (AvgIpc) is 2.74. The van der Waals surface area contributed by atoms with E-state index < -0.39 is 12.0 Å². The Kier molecular flexibility index (Phi) is 4.77. The summed E-state index contributed by atoms with van der Waals surface area (Å²) in [6, 6.07) is 7.90. The van der Waals surface area contributed by atoms with Gasteiger partial charge in [0.2, 0.25) is 5.91 Å². The standard InChI is InChI=1S/C16H21N3O2/c1-18(2)10-13(20)11-19-9-12(7-8-16(17)21)14-5-3-4-6-15(14)19/h3-9,13,20H,10-11H2,1-2H3,(H2,17,21)/b8-7-. The molecule has 5 heteroatoms. The molecule has 5 nitrogen and oxygen atoms in total. The number of carbonyl (C=O) groups is 1. The van der Waals surface area contributed by atoms with Crippen LogP contribution in [0.25, 0.3) is 17.0 Å². The van der Waals surface area contributed by atoms with Gasteiger partial charge in [0.1, 0.15) is 0 Å². The second-order valence-electron chi connectivity index (χ2n) is 5.41. The predicted molar refractivity (Wildman–Crippen MR) is 84.7 cm³/mol. The lowest BCUT2D eigenvalue weighted by atomic mass is 10.1. The van der Waals surface area contributed by atoms with Crippen LogP contribution in [0.15, 0.2) is 36.5 Å². The van der Waals surface area contributed by atoms with Crippen LogP contribution in [0.2, 0.25) is 0 Å². The third kappa shape index (κ3) is 3.93. The molecule has 1 aromatic carbocycles. The van der Waals surface area contributed by atoms with E-state index in [1.54, 1.807) is 6.08 Å². The van der Waals surface area contributed by atoms with Gasteiger partial charge in [-0.3, -0.25) is 4.79 Å². The van der Waals surface area contributed by atoms with Gasteiger partial charge in [-0.15, -0.1) is 0 Å². The van der Waals surface area contributed by atoms with E-state index in [9.17, 15) is 9.90 Å². The van der Waals surface area contributed by atoms with Crippen molar-refractivity contribution in [3.05, 3.63) is 42.1 Å². The molecule has 2 rings (SSSR count).